The first kappa shape index (κ1) is 10.1. The summed E-state index contributed by atoms with van der Waals surface area (Å²) in [6.45, 7) is 3.08. The van der Waals surface area contributed by atoms with Crippen molar-refractivity contribution in [1.29, 1.82) is 0 Å². The molecule has 88 valence electrons. The molecule has 1 fully saturated rings. The van der Waals surface area contributed by atoms with Crippen molar-refractivity contribution in [3.63, 3.8) is 0 Å². The van der Waals surface area contributed by atoms with E-state index in [-0.39, 0.29) is 5.56 Å². The Morgan fingerprint density at radius 1 is 1.25 bits per heavy atom. The zero-order chi connectivity index (χ0) is 11.0. The maximum Gasteiger partial charge on any atom is 0.269 e. The first-order valence-electron chi connectivity index (χ1n) is 6.36. The van der Waals surface area contributed by atoms with Crippen LogP contribution in [0.2, 0.25) is 0 Å². The number of aromatic nitrogens is 2. The molecule has 0 atom stereocenters. The monoisotopic (exact) mass is 221 g/mol. The lowest BCUT2D eigenvalue weighted by Crippen LogP contribution is -2.32. The SMILES string of the molecule is O=c1c2c([nH]n1CC1CCNCC1)CCC2. The van der Waals surface area contributed by atoms with Crippen LogP contribution in [0.25, 0.3) is 0 Å². The van der Waals surface area contributed by atoms with E-state index in [0.717, 1.165) is 44.5 Å². The molecule has 1 aromatic rings. The first-order valence-corrected chi connectivity index (χ1v) is 6.36. The van der Waals surface area contributed by atoms with E-state index in [2.05, 4.69) is 10.4 Å². The number of hydrogen-bond donors (Lipinski definition) is 2. The summed E-state index contributed by atoms with van der Waals surface area (Å²) < 4.78 is 1.85. The molecule has 2 aliphatic rings. The first-order chi connectivity index (χ1) is 7.84. The van der Waals surface area contributed by atoms with Gasteiger partial charge in [-0.25, -0.2) is 0 Å². The Morgan fingerprint density at radius 2 is 2.06 bits per heavy atom. The fraction of sp³-hybridized carbons (Fsp3) is 0.750. The molecule has 4 heteroatoms. The highest BCUT2D eigenvalue weighted by Crippen LogP contribution is 2.18. The highest BCUT2D eigenvalue weighted by atomic mass is 16.1. The van der Waals surface area contributed by atoms with Crippen LogP contribution in [-0.2, 0) is 19.4 Å². The Bertz CT molecular complexity index is 426. The quantitative estimate of drug-likeness (QED) is 0.771. The van der Waals surface area contributed by atoms with Crippen LogP contribution >= 0.6 is 0 Å². The second-order valence-corrected chi connectivity index (χ2v) is 5.03. The molecular formula is C12H19N3O. The fourth-order valence-electron chi connectivity index (χ4n) is 2.93. The summed E-state index contributed by atoms with van der Waals surface area (Å²) in [5.41, 5.74) is 2.49. The van der Waals surface area contributed by atoms with Gasteiger partial charge in [0.2, 0.25) is 0 Å². The van der Waals surface area contributed by atoms with Gasteiger partial charge < -0.3 is 5.32 Å². The molecule has 0 radical (unpaired) electrons. The largest absolute Gasteiger partial charge is 0.317 e. The molecule has 4 nitrogen and oxygen atoms in total. The van der Waals surface area contributed by atoms with Crippen LogP contribution in [-0.4, -0.2) is 22.9 Å². The van der Waals surface area contributed by atoms with Gasteiger partial charge in [0, 0.05) is 17.8 Å². The van der Waals surface area contributed by atoms with E-state index in [4.69, 9.17) is 0 Å². The minimum Gasteiger partial charge on any atom is -0.317 e. The second kappa shape index (κ2) is 4.09. The number of H-pyrrole nitrogens is 1. The van der Waals surface area contributed by atoms with E-state index in [9.17, 15) is 4.79 Å². The predicted molar refractivity (Wildman–Crippen MR) is 62.7 cm³/mol. The van der Waals surface area contributed by atoms with E-state index in [1.54, 1.807) is 0 Å². The Kier molecular flexibility index (Phi) is 2.59. The molecule has 3 rings (SSSR count). The highest BCUT2D eigenvalue weighted by molar-refractivity contribution is 5.22. The van der Waals surface area contributed by atoms with E-state index in [1.807, 2.05) is 4.68 Å². The summed E-state index contributed by atoms with van der Waals surface area (Å²) in [6.07, 6.45) is 5.56. The lowest BCUT2D eigenvalue weighted by molar-refractivity contribution is 0.317. The zero-order valence-corrected chi connectivity index (χ0v) is 9.59. The third-order valence-electron chi connectivity index (χ3n) is 3.89. The minimum atomic E-state index is 0.242. The molecule has 2 N–H and O–H groups in total. The van der Waals surface area contributed by atoms with Gasteiger partial charge in [-0.05, 0) is 51.1 Å². The lowest BCUT2D eigenvalue weighted by atomic mass is 9.98. The molecule has 0 spiro atoms. The van der Waals surface area contributed by atoms with E-state index in [0.29, 0.717) is 5.92 Å². The average molecular weight is 221 g/mol. The van der Waals surface area contributed by atoms with Crippen LogP contribution in [0.15, 0.2) is 4.79 Å². The van der Waals surface area contributed by atoms with Gasteiger partial charge in [0.25, 0.3) is 5.56 Å². The van der Waals surface area contributed by atoms with Crippen LogP contribution in [0.3, 0.4) is 0 Å². The van der Waals surface area contributed by atoms with Gasteiger partial charge in [-0.15, -0.1) is 0 Å². The number of rotatable bonds is 2. The molecule has 0 amide bonds. The third-order valence-corrected chi connectivity index (χ3v) is 3.89. The van der Waals surface area contributed by atoms with Crippen molar-refractivity contribution in [2.45, 2.75) is 38.6 Å². The molecule has 1 aliphatic heterocycles. The van der Waals surface area contributed by atoms with Crippen molar-refractivity contribution in [1.82, 2.24) is 15.1 Å². The number of fused-ring (bicyclic) bond motifs is 1. The normalized spacial score (nSPS) is 21.2. The van der Waals surface area contributed by atoms with Gasteiger partial charge in [0.1, 0.15) is 0 Å². The summed E-state index contributed by atoms with van der Waals surface area (Å²) in [6, 6.07) is 0. The molecule has 16 heavy (non-hydrogen) atoms. The van der Waals surface area contributed by atoms with Crippen molar-refractivity contribution in [2.24, 2.45) is 5.92 Å². The summed E-state index contributed by atoms with van der Waals surface area (Å²) in [7, 11) is 0. The second-order valence-electron chi connectivity index (χ2n) is 5.03. The number of hydrogen-bond acceptors (Lipinski definition) is 2. The van der Waals surface area contributed by atoms with Crippen LogP contribution in [0.4, 0.5) is 0 Å². The molecule has 0 unspecified atom stereocenters. The average Bonchev–Trinajstić information content (AvgIpc) is 2.86. The third kappa shape index (κ3) is 1.71. The Labute approximate surface area is 95.0 Å². The topological polar surface area (TPSA) is 49.8 Å². The highest BCUT2D eigenvalue weighted by Gasteiger charge is 2.21. The fourth-order valence-corrected chi connectivity index (χ4v) is 2.93. The van der Waals surface area contributed by atoms with Gasteiger partial charge in [-0.2, -0.15) is 0 Å². The van der Waals surface area contributed by atoms with Crippen LogP contribution < -0.4 is 10.9 Å². The Hall–Kier alpha value is -1.03. The van der Waals surface area contributed by atoms with Gasteiger partial charge in [-0.3, -0.25) is 14.6 Å². The number of nitrogens with zero attached hydrogens (tertiary/aromatic N) is 1. The standard InChI is InChI=1S/C12H19N3O/c16-12-10-2-1-3-11(10)14-15(12)8-9-4-6-13-7-5-9/h9,13-14H,1-8H2. The van der Waals surface area contributed by atoms with Crippen molar-refractivity contribution in [3.05, 3.63) is 21.6 Å². The summed E-state index contributed by atoms with van der Waals surface area (Å²) >= 11 is 0. The van der Waals surface area contributed by atoms with Gasteiger partial charge >= 0.3 is 0 Å². The van der Waals surface area contributed by atoms with Crippen molar-refractivity contribution >= 4 is 0 Å². The van der Waals surface area contributed by atoms with E-state index < -0.39 is 0 Å². The lowest BCUT2D eigenvalue weighted by Gasteiger charge is -2.22. The van der Waals surface area contributed by atoms with Crippen LogP contribution in [0.1, 0.15) is 30.5 Å². The van der Waals surface area contributed by atoms with Crippen molar-refractivity contribution in [3.8, 4) is 0 Å². The van der Waals surface area contributed by atoms with Crippen LogP contribution in [0.5, 0.6) is 0 Å². The molecule has 2 heterocycles. The van der Waals surface area contributed by atoms with Crippen LogP contribution in [0, 0.1) is 5.92 Å². The maximum absolute atomic E-state index is 12.1. The summed E-state index contributed by atoms with van der Waals surface area (Å²) in [4.78, 5) is 12.1. The predicted octanol–water partition coefficient (Wildman–Crippen LogP) is 0.665. The Morgan fingerprint density at radius 3 is 2.81 bits per heavy atom. The molecular weight excluding hydrogens is 202 g/mol. The van der Waals surface area contributed by atoms with E-state index in [1.165, 1.54) is 18.5 Å². The molecule has 1 aliphatic carbocycles. The summed E-state index contributed by atoms with van der Waals surface area (Å²) in [5.74, 6) is 0.665. The smallest absolute Gasteiger partial charge is 0.269 e. The molecule has 1 aromatic heterocycles. The van der Waals surface area contributed by atoms with Crippen molar-refractivity contribution < 1.29 is 0 Å². The van der Waals surface area contributed by atoms with Gasteiger partial charge in [0.05, 0.1) is 0 Å². The molecule has 0 bridgehead atoms. The van der Waals surface area contributed by atoms with Gasteiger partial charge in [0.15, 0.2) is 0 Å². The molecule has 1 saturated heterocycles. The summed E-state index contributed by atoms with van der Waals surface area (Å²) in [5, 5.41) is 6.65. The number of aromatic amines is 1. The van der Waals surface area contributed by atoms with E-state index >= 15 is 0 Å². The minimum absolute atomic E-state index is 0.242. The zero-order valence-electron chi connectivity index (χ0n) is 9.59. The molecule has 0 saturated carbocycles. The van der Waals surface area contributed by atoms with Crippen molar-refractivity contribution in [2.75, 3.05) is 13.1 Å². The Balaban J connectivity index is 1.77. The van der Waals surface area contributed by atoms with Gasteiger partial charge in [-0.1, -0.05) is 0 Å². The maximum atomic E-state index is 12.1. The number of nitrogens with one attached hydrogen (secondary N) is 2. The number of piperidine rings is 1. The number of aryl methyl sites for hydroxylation is 1. The molecule has 0 aromatic carbocycles.